The largest absolute Gasteiger partial charge is 0.507 e. The zero-order valence-electron chi connectivity index (χ0n) is 12.8. The lowest BCUT2D eigenvalue weighted by Gasteiger charge is -2.05. The number of hydrogen-bond acceptors (Lipinski definition) is 4. The van der Waals surface area contributed by atoms with Crippen LogP contribution in [0.2, 0.25) is 5.02 Å². The van der Waals surface area contributed by atoms with Crippen LogP contribution in [0.1, 0.15) is 16.7 Å². The van der Waals surface area contributed by atoms with Gasteiger partial charge in [0.25, 0.3) is 5.91 Å². The van der Waals surface area contributed by atoms with Crippen LogP contribution in [0.15, 0.2) is 41.5 Å². The quantitative estimate of drug-likeness (QED) is 0.652. The molecule has 5 nitrogen and oxygen atoms in total. The second-order valence-electron chi connectivity index (χ2n) is 5.04. The first-order valence-electron chi connectivity index (χ1n) is 6.96. The number of hydrazone groups is 1. The summed E-state index contributed by atoms with van der Waals surface area (Å²) in [7, 11) is 0. The van der Waals surface area contributed by atoms with Gasteiger partial charge in [-0.15, -0.1) is 0 Å². The Morgan fingerprint density at radius 2 is 1.87 bits per heavy atom. The number of aromatic hydroxyl groups is 1. The maximum atomic E-state index is 11.6. The molecule has 6 heteroatoms. The number of ether oxygens (including phenoxy) is 1. The fourth-order valence-electron chi connectivity index (χ4n) is 1.95. The Labute approximate surface area is 139 Å². The molecule has 0 radical (unpaired) electrons. The van der Waals surface area contributed by atoms with Gasteiger partial charge >= 0.3 is 0 Å². The Bertz CT molecular complexity index is 704. The van der Waals surface area contributed by atoms with E-state index in [-0.39, 0.29) is 18.3 Å². The summed E-state index contributed by atoms with van der Waals surface area (Å²) >= 11 is 5.76. The van der Waals surface area contributed by atoms with Crippen molar-refractivity contribution in [3.63, 3.8) is 0 Å². The number of phenolic OH excluding ortho intramolecular Hbond substituents is 1. The van der Waals surface area contributed by atoms with E-state index in [2.05, 4.69) is 10.5 Å². The molecule has 2 aromatic rings. The summed E-state index contributed by atoms with van der Waals surface area (Å²) in [6.07, 6.45) is 1.51. The van der Waals surface area contributed by atoms with Gasteiger partial charge < -0.3 is 9.84 Å². The van der Waals surface area contributed by atoms with Gasteiger partial charge in [0.05, 0.1) is 6.21 Å². The number of hydrogen-bond donors (Lipinski definition) is 2. The van der Waals surface area contributed by atoms with Crippen molar-refractivity contribution in [2.24, 2.45) is 5.10 Å². The topological polar surface area (TPSA) is 70.9 Å². The van der Waals surface area contributed by atoms with E-state index in [4.69, 9.17) is 16.3 Å². The molecule has 0 saturated carbocycles. The molecule has 0 aliphatic rings. The number of nitrogens with one attached hydrogen (secondary N) is 1. The van der Waals surface area contributed by atoms with Gasteiger partial charge in [0.15, 0.2) is 6.61 Å². The second kappa shape index (κ2) is 7.65. The summed E-state index contributed by atoms with van der Waals surface area (Å²) in [6.45, 7) is 3.46. The molecule has 0 aliphatic heterocycles. The van der Waals surface area contributed by atoms with E-state index in [1.54, 1.807) is 50.2 Å². The van der Waals surface area contributed by atoms with Gasteiger partial charge in [0.2, 0.25) is 0 Å². The van der Waals surface area contributed by atoms with Crippen molar-refractivity contribution in [2.45, 2.75) is 13.8 Å². The van der Waals surface area contributed by atoms with E-state index >= 15 is 0 Å². The lowest BCUT2D eigenvalue weighted by Crippen LogP contribution is -2.24. The average Bonchev–Trinajstić information content (AvgIpc) is 2.52. The molecule has 0 heterocycles. The molecule has 120 valence electrons. The van der Waals surface area contributed by atoms with Crippen LogP contribution < -0.4 is 10.2 Å². The highest BCUT2D eigenvalue weighted by atomic mass is 35.5. The van der Waals surface area contributed by atoms with Crippen LogP contribution in [0.4, 0.5) is 0 Å². The number of benzene rings is 2. The first-order chi connectivity index (χ1) is 11.0. The van der Waals surface area contributed by atoms with Crippen molar-refractivity contribution < 1.29 is 14.6 Å². The molecule has 2 rings (SSSR count). The lowest BCUT2D eigenvalue weighted by atomic mass is 10.1. The fraction of sp³-hybridized carbons (Fsp3) is 0.176. The third-order valence-electron chi connectivity index (χ3n) is 3.10. The molecular weight excluding hydrogens is 316 g/mol. The number of rotatable bonds is 5. The van der Waals surface area contributed by atoms with Gasteiger partial charge in [-0.3, -0.25) is 4.79 Å². The highest BCUT2D eigenvalue weighted by molar-refractivity contribution is 6.30. The molecule has 1 amide bonds. The number of nitrogens with zero attached hydrogens (tertiary/aromatic N) is 1. The van der Waals surface area contributed by atoms with E-state index in [9.17, 15) is 9.90 Å². The summed E-state index contributed by atoms with van der Waals surface area (Å²) < 4.78 is 5.30. The fourth-order valence-corrected chi connectivity index (χ4v) is 2.08. The summed E-state index contributed by atoms with van der Waals surface area (Å²) in [4.78, 5) is 11.6. The number of halogens is 1. The second-order valence-corrected chi connectivity index (χ2v) is 5.48. The number of phenols is 1. The first-order valence-corrected chi connectivity index (χ1v) is 7.34. The molecule has 0 atom stereocenters. The van der Waals surface area contributed by atoms with Crippen LogP contribution in [0.3, 0.4) is 0 Å². The monoisotopic (exact) mass is 332 g/mol. The third-order valence-corrected chi connectivity index (χ3v) is 3.35. The molecule has 23 heavy (non-hydrogen) atoms. The molecule has 0 unspecified atom stereocenters. The Morgan fingerprint density at radius 1 is 1.26 bits per heavy atom. The summed E-state index contributed by atoms with van der Waals surface area (Å²) in [5.74, 6) is 0.448. The van der Waals surface area contributed by atoms with Gasteiger partial charge in [0, 0.05) is 5.02 Å². The third kappa shape index (κ3) is 5.00. The van der Waals surface area contributed by atoms with Crippen molar-refractivity contribution in [1.82, 2.24) is 5.43 Å². The van der Waals surface area contributed by atoms with E-state index in [1.807, 2.05) is 0 Å². The Hall–Kier alpha value is -2.53. The maximum absolute atomic E-state index is 11.6. The molecular formula is C17H17ClN2O3. The van der Waals surface area contributed by atoms with Crippen LogP contribution in [0.5, 0.6) is 11.5 Å². The van der Waals surface area contributed by atoms with E-state index in [0.29, 0.717) is 10.8 Å². The van der Waals surface area contributed by atoms with Crippen molar-refractivity contribution in [3.05, 3.63) is 58.1 Å². The molecule has 0 bridgehead atoms. The van der Waals surface area contributed by atoms with Crippen molar-refractivity contribution >= 4 is 23.7 Å². The van der Waals surface area contributed by atoms with Crippen molar-refractivity contribution in [2.75, 3.05) is 6.61 Å². The Kier molecular flexibility index (Phi) is 5.60. The van der Waals surface area contributed by atoms with Crippen LogP contribution in [0.25, 0.3) is 0 Å². The smallest absolute Gasteiger partial charge is 0.277 e. The molecule has 0 aliphatic carbocycles. The molecule has 2 aromatic carbocycles. The highest BCUT2D eigenvalue weighted by Gasteiger charge is 2.03. The standard InChI is InChI=1S/C17H17ClN2O3/c1-11-7-13(8-12(2)17(11)22)9-19-20-16(21)10-23-15-5-3-14(18)4-6-15/h3-9,22H,10H2,1-2H3,(H,20,21)/b19-9-. The number of carbonyl (C=O) groups excluding carboxylic acids is 1. The number of carbonyl (C=O) groups is 1. The van der Waals surface area contributed by atoms with Crippen LogP contribution >= 0.6 is 11.6 Å². The minimum absolute atomic E-state index is 0.146. The van der Waals surface area contributed by atoms with Crippen molar-refractivity contribution in [1.29, 1.82) is 0 Å². The maximum Gasteiger partial charge on any atom is 0.277 e. The number of amides is 1. The van der Waals surface area contributed by atoms with Gasteiger partial charge in [-0.1, -0.05) is 11.6 Å². The summed E-state index contributed by atoms with van der Waals surface area (Å²) in [6, 6.07) is 10.3. The Morgan fingerprint density at radius 3 is 2.48 bits per heavy atom. The minimum atomic E-state index is -0.372. The summed E-state index contributed by atoms with van der Waals surface area (Å²) in [5, 5.41) is 14.2. The molecule has 0 aromatic heterocycles. The zero-order chi connectivity index (χ0) is 16.8. The molecule has 0 spiro atoms. The van der Waals surface area contributed by atoms with Crippen molar-refractivity contribution in [3.8, 4) is 11.5 Å². The van der Waals surface area contributed by atoms with Crippen LogP contribution in [0, 0.1) is 13.8 Å². The van der Waals surface area contributed by atoms with Gasteiger partial charge in [0.1, 0.15) is 11.5 Å². The minimum Gasteiger partial charge on any atom is -0.507 e. The normalized spacial score (nSPS) is 10.7. The number of aryl methyl sites for hydroxylation is 2. The predicted molar refractivity (Wildman–Crippen MR) is 90.3 cm³/mol. The van der Waals surface area contributed by atoms with Gasteiger partial charge in [-0.25, -0.2) is 5.43 Å². The Balaban J connectivity index is 1.85. The van der Waals surface area contributed by atoms with Crippen LogP contribution in [-0.2, 0) is 4.79 Å². The zero-order valence-corrected chi connectivity index (χ0v) is 13.6. The molecule has 2 N–H and O–H groups in total. The first kappa shape index (κ1) is 16.8. The predicted octanol–water partition coefficient (Wildman–Crippen LogP) is 3.19. The average molecular weight is 333 g/mol. The van der Waals surface area contributed by atoms with E-state index in [1.165, 1.54) is 6.21 Å². The van der Waals surface area contributed by atoms with Gasteiger partial charge in [-0.2, -0.15) is 5.10 Å². The summed E-state index contributed by atoms with van der Waals surface area (Å²) in [5.41, 5.74) is 4.68. The van der Waals surface area contributed by atoms with E-state index < -0.39 is 0 Å². The lowest BCUT2D eigenvalue weighted by molar-refractivity contribution is -0.123. The van der Waals surface area contributed by atoms with Gasteiger partial charge in [-0.05, 0) is 66.9 Å². The van der Waals surface area contributed by atoms with E-state index in [0.717, 1.165) is 16.7 Å². The SMILES string of the molecule is Cc1cc(/C=N\NC(=O)COc2ccc(Cl)cc2)cc(C)c1O. The highest BCUT2D eigenvalue weighted by Crippen LogP contribution is 2.22. The van der Waals surface area contributed by atoms with Crippen LogP contribution in [-0.4, -0.2) is 23.8 Å². The molecule has 0 fully saturated rings. The molecule has 0 saturated heterocycles.